The number of amidine groups is 1. The van der Waals surface area contributed by atoms with Crippen LogP contribution in [-0.4, -0.2) is 13.2 Å². The Balaban J connectivity index is 1.14. The Morgan fingerprint density at radius 3 is 2.19 bits per heavy atom. The van der Waals surface area contributed by atoms with E-state index in [0.29, 0.717) is 0 Å². The van der Waals surface area contributed by atoms with Crippen molar-refractivity contribution in [2.24, 2.45) is 9.98 Å². The van der Waals surface area contributed by atoms with Crippen LogP contribution in [0.3, 0.4) is 0 Å². The summed E-state index contributed by atoms with van der Waals surface area (Å²) in [4.78, 5) is 10.4. The molecule has 0 atom stereocenters. The zero-order valence-electron chi connectivity index (χ0n) is 25.7. The summed E-state index contributed by atoms with van der Waals surface area (Å²) in [5.74, 6) is 0.737. The molecule has 224 valence electrons. The summed E-state index contributed by atoms with van der Waals surface area (Å²) in [6.45, 7) is 4.62. The van der Waals surface area contributed by atoms with Crippen LogP contribution in [0.2, 0.25) is 0 Å². The number of aliphatic imine (C=N–C) groups is 2. The molecule has 0 spiro atoms. The number of hydrogen-bond donors (Lipinski definition) is 0. The number of rotatable bonds is 3. The van der Waals surface area contributed by atoms with E-state index in [9.17, 15) is 0 Å². The summed E-state index contributed by atoms with van der Waals surface area (Å²) < 4.78 is 15.1. The molecule has 0 saturated carbocycles. The van der Waals surface area contributed by atoms with Crippen LogP contribution in [0.1, 0.15) is 41.7 Å². The Bertz CT molecular complexity index is 2710. The molecular weight excluding hydrogens is 691 g/mol. The first-order valence-corrected chi connectivity index (χ1v) is 17.9. The highest BCUT2D eigenvalue weighted by molar-refractivity contribution is 14.2. The maximum Gasteiger partial charge on any atom is 0.161 e. The SMILES string of the molecule is CC1(C)c2ccccc2-c2ccc3c(oc4cc(C5=IC(c6ccc7oc8ccccc8c7c6)=NC(c6ccccc6)=N5)ccc43)c21. The van der Waals surface area contributed by atoms with Gasteiger partial charge >= 0.3 is 0 Å². The molecule has 0 saturated heterocycles. The second kappa shape index (κ2) is 9.93. The van der Waals surface area contributed by atoms with E-state index in [-0.39, 0.29) is 5.41 Å². The highest BCUT2D eigenvalue weighted by atomic mass is 127. The number of benzene rings is 6. The summed E-state index contributed by atoms with van der Waals surface area (Å²) in [6, 6.07) is 44.8. The van der Waals surface area contributed by atoms with Crippen molar-refractivity contribution in [1.29, 1.82) is 0 Å². The topological polar surface area (TPSA) is 51.0 Å². The predicted molar refractivity (Wildman–Crippen MR) is 203 cm³/mol. The molecule has 2 aliphatic rings. The van der Waals surface area contributed by atoms with E-state index in [1.54, 1.807) is 0 Å². The third kappa shape index (κ3) is 4.02. The van der Waals surface area contributed by atoms with Crippen molar-refractivity contribution in [2.45, 2.75) is 19.3 Å². The second-order valence-electron chi connectivity index (χ2n) is 12.7. The molecule has 0 radical (unpaired) electrons. The van der Waals surface area contributed by atoms with Gasteiger partial charge in [-0.05, 0) is 79.9 Å². The molecule has 0 N–H and O–H groups in total. The number of para-hydroxylation sites is 1. The molecule has 10 rings (SSSR count). The monoisotopic (exact) mass is 718 g/mol. The first-order chi connectivity index (χ1) is 23.0. The third-order valence-electron chi connectivity index (χ3n) is 9.63. The molecule has 1 aliphatic heterocycles. The zero-order valence-corrected chi connectivity index (χ0v) is 27.9. The quantitative estimate of drug-likeness (QED) is 0.171. The predicted octanol–water partition coefficient (Wildman–Crippen LogP) is 11.1. The molecule has 4 nitrogen and oxygen atoms in total. The average Bonchev–Trinajstić information content (AvgIpc) is 3.75. The molecule has 3 heterocycles. The lowest BCUT2D eigenvalue weighted by Gasteiger charge is -2.21. The zero-order chi connectivity index (χ0) is 31.3. The molecule has 6 aromatic carbocycles. The van der Waals surface area contributed by atoms with Gasteiger partial charge in [-0.3, -0.25) is 0 Å². The Morgan fingerprint density at radius 1 is 0.532 bits per heavy atom. The molecular formula is C42H27IN2O2. The Hall–Kier alpha value is -5.14. The van der Waals surface area contributed by atoms with Crippen LogP contribution in [0.5, 0.6) is 0 Å². The first-order valence-electron chi connectivity index (χ1n) is 15.8. The Morgan fingerprint density at radius 2 is 1.28 bits per heavy atom. The van der Waals surface area contributed by atoms with Crippen LogP contribution in [0, 0.1) is 0 Å². The minimum Gasteiger partial charge on any atom is -0.456 e. The average molecular weight is 719 g/mol. The van der Waals surface area contributed by atoms with Gasteiger partial charge in [0.25, 0.3) is 0 Å². The maximum absolute atomic E-state index is 6.81. The van der Waals surface area contributed by atoms with E-state index in [0.717, 1.165) is 73.8 Å². The van der Waals surface area contributed by atoms with Crippen LogP contribution in [0.25, 0.3) is 55.0 Å². The molecule has 0 amide bonds. The molecule has 0 fully saturated rings. The van der Waals surface area contributed by atoms with Gasteiger partial charge in [0.05, 0.1) is 0 Å². The highest BCUT2D eigenvalue weighted by Crippen LogP contribution is 2.52. The summed E-state index contributed by atoms with van der Waals surface area (Å²) in [7, 11) is 0. The van der Waals surface area contributed by atoms with Crippen LogP contribution in [0.4, 0.5) is 0 Å². The fourth-order valence-electron chi connectivity index (χ4n) is 7.36. The first kappa shape index (κ1) is 27.0. The van der Waals surface area contributed by atoms with Gasteiger partial charge in [-0.15, -0.1) is 0 Å². The molecule has 2 aromatic heterocycles. The van der Waals surface area contributed by atoms with Crippen molar-refractivity contribution >= 4 is 77.8 Å². The molecule has 8 aromatic rings. The smallest absolute Gasteiger partial charge is 0.161 e. The van der Waals surface area contributed by atoms with Crippen molar-refractivity contribution in [3.05, 3.63) is 155 Å². The van der Waals surface area contributed by atoms with Crippen LogP contribution >= 0.6 is 20.7 Å². The molecule has 5 heteroatoms. The fraction of sp³-hybridized carbons (Fsp3) is 0.0714. The maximum atomic E-state index is 6.81. The Kier molecular flexibility index (Phi) is 5.71. The van der Waals surface area contributed by atoms with Crippen LogP contribution < -0.4 is 0 Å². The van der Waals surface area contributed by atoms with E-state index in [2.05, 4.69) is 111 Å². The highest BCUT2D eigenvalue weighted by Gasteiger charge is 2.38. The standard InChI is InChI=1S/C42H27IN2O2/c1-42(2)33-14-8-6-12-27(33)30-19-20-31-29-18-16-26(23-36(29)47-38(31)37(30)42)40-43-39(44-41(45-40)24-10-4-3-5-11-24)25-17-21-35-32(22-25)28-13-7-9-15-34(28)46-35/h3-23H,1-2H3. The lowest BCUT2D eigenvalue weighted by atomic mass is 9.82. The Labute approximate surface area is 280 Å². The van der Waals surface area contributed by atoms with Crippen molar-refractivity contribution < 1.29 is 8.83 Å². The van der Waals surface area contributed by atoms with Gasteiger partial charge in [-0.2, -0.15) is 0 Å². The minimum absolute atomic E-state index is 0.145. The van der Waals surface area contributed by atoms with Gasteiger partial charge in [0.15, 0.2) is 5.84 Å². The van der Waals surface area contributed by atoms with Crippen LogP contribution in [-0.2, 0) is 5.41 Å². The van der Waals surface area contributed by atoms with Gasteiger partial charge in [0, 0.05) is 49.2 Å². The van der Waals surface area contributed by atoms with E-state index in [1.807, 2.05) is 30.3 Å². The van der Waals surface area contributed by atoms with E-state index in [1.165, 1.54) is 22.3 Å². The van der Waals surface area contributed by atoms with Crippen molar-refractivity contribution in [3.8, 4) is 11.1 Å². The van der Waals surface area contributed by atoms with E-state index in [4.69, 9.17) is 18.8 Å². The molecule has 47 heavy (non-hydrogen) atoms. The minimum atomic E-state index is -0.706. The van der Waals surface area contributed by atoms with Crippen LogP contribution in [0.15, 0.2) is 146 Å². The van der Waals surface area contributed by atoms with Gasteiger partial charge in [0.2, 0.25) is 0 Å². The lowest BCUT2D eigenvalue weighted by molar-refractivity contribution is 0.620. The summed E-state index contributed by atoms with van der Waals surface area (Å²) in [5.41, 5.74) is 11.9. The van der Waals surface area contributed by atoms with Crippen molar-refractivity contribution in [3.63, 3.8) is 0 Å². The number of hydrogen-bond acceptors (Lipinski definition) is 4. The number of nitrogens with zero attached hydrogens (tertiary/aromatic N) is 2. The fourth-order valence-corrected chi connectivity index (χ4v) is 9.83. The molecule has 0 bridgehead atoms. The second-order valence-corrected chi connectivity index (χ2v) is 15.3. The van der Waals surface area contributed by atoms with Crippen molar-refractivity contribution in [2.75, 3.05) is 0 Å². The summed E-state index contributed by atoms with van der Waals surface area (Å²) >= 11 is -0.706. The van der Waals surface area contributed by atoms with E-state index < -0.39 is 20.7 Å². The summed E-state index contributed by atoms with van der Waals surface area (Å²) in [5, 5.41) is 4.52. The largest absolute Gasteiger partial charge is 0.456 e. The normalized spacial score (nSPS) is 15.3. The number of fused-ring (bicyclic) bond motifs is 10. The van der Waals surface area contributed by atoms with Gasteiger partial charge in [-0.25, -0.2) is 9.98 Å². The van der Waals surface area contributed by atoms with Gasteiger partial charge < -0.3 is 8.83 Å². The third-order valence-corrected chi connectivity index (χ3v) is 12.4. The lowest BCUT2D eigenvalue weighted by Crippen LogP contribution is -2.15. The molecule has 1 aliphatic carbocycles. The van der Waals surface area contributed by atoms with Crippen molar-refractivity contribution in [1.82, 2.24) is 0 Å². The summed E-state index contributed by atoms with van der Waals surface area (Å²) in [6.07, 6.45) is 0. The van der Waals surface area contributed by atoms with E-state index >= 15 is 0 Å². The molecule has 0 unspecified atom stereocenters. The number of halogens is 1. The van der Waals surface area contributed by atoms with Gasteiger partial charge in [0.1, 0.15) is 29.7 Å². The number of furan rings is 2. The van der Waals surface area contributed by atoms with Gasteiger partial charge in [-0.1, -0.05) is 98.8 Å².